The Morgan fingerprint density at radius 3 is 2.68 bits per heavy atom. The lowest BCUT2D eigenvalue weighted by molar-refractivity contribution is -0.125. The number of benzene rings is 2. The number of carbonyl (C=O) groups excluding carboxylic acids is 2. The van der Waals surface area contributed by atoms with Gasteiger partial charge in [-0.2, -0.15) is 0 Å². The first kappa shape index (κ1) is 20.7. The minimum Gasteiger partial charge on any atom is -0.497 e. The summed E-state index contributed by atoms with van der Waals surface area (Å²) in [5, 5.41) is 7.07. The number of rotatable bonds is 7. The first-order valence-electron chi connectivity index (χ1n) is 10.3. The molecule has 1 aliphatic heterocycles. The van der Waals surface area contributed by atoms with Crippen LogP contribution in [0.1, 0.15) is 29.0 Å². The molecule has 1 amide bonds. The number of hydrogen-bond donors (Lipinski definition) is 1. The third kappa shape index (κ3) is 4.94. The van der Waals surface area contributed by atoms with Crippen LogP contribution in [0.15, 0.2) is 59.1 Å². The number of carbonyl (C=O) groups is 2. The van der Waals surface area contributed by atoms with Gasteiger partial charge < -0.3 is 19.5 Å². The van der Waals surface area contributed by atoms with E-state index in [0.717, 1.165) is 49.2 Å². The Morgan fingerprint density at radius 1 is 1.19 bits per heavy atom. The molecule has 1 aromatic heterocycles. The Bertz CT molecular complexity index is 1040. The molecule has 31 heavy (non-hydrogen) atoms. The van der Waals surface area contributed by atoms with E-state index in [-0.39, 0.29) is 11.8 Å². The van der Waals surface area contributed by atoms with Gasteiger partial charge in [-0.1, -0.05) is 17.3 Å². The van der Waals surface area contributed by atoms with Crippen molar-refractivity contribution in [3.63, 3.8) is 0 Å². The molecule has 2 heterocycles. The number of hydrogen-bond acceptors (Lipinski definition) is 6. The maximum absolute atomic E-state index is 12.6. The lowest BCUT2D eigenvalue weighted by Gasteiger charge is -2.33. The highest BCUT2D eigenvalue weighted by Crippen LogP contribution is 2.25. The van der Waals surface area contributed by atoms with Gasteiger partial charge in [0.1, 0.15) is 17.7 Å². The number of aromatic nitrogens is 1. The molecule has 4 rings (SSSR count). The molecule has 0 bridgehead atoms. The van der Waals surface area contributed by atoms with Crippen LogP contribution in [-0.2, 0) is 11.3 Å². The van der Waals surface area contributed by atoms with Crippen molar-refractivity contribution in [3.8, 4) is 17.0 Å². The van der Waals surface area contributed by atoms with Crippen LogP contribution in [0.2, 0.25) is 0 Å². The van der Waals surface area contributed by atoms with Gasteiger partial charge in [0, 0.05) is 41.9 Å². The standard InChI is InChI=1S/C24H25N3O4/c1-30-21-4-2-3-19(13-21)23-14-22(31-26-23)15-25-24(29)18-9-11-27(12-10-18)20-7-5-17(16-28)6-8-20/h2-8,13-14,16,18H,9-12,15H2,1H3,(H,25,29). The Kier molecular flexibility index (Phi) is 6.31. The van der Waals surface area contributed by atoms with E-state index in [1.54, 1.807) is 7.11 Å². The van der Waals surface area contributed by atoms with E-state index in [1.165, 1.54) is 0 Å². The molecular formula is C24H25N3O4. The van der Waals surface area contributed by atoms with Gasteiger partial charge in [0.05, 0.1) is 13.7 Å². The summed E-state index contributed by atoms with van der Waals surface area (Å²) in [5.41, 5.74) is 3.35. The minimum atomic E-state index is -0.0220. The third-order valence-electron chi connectivity index (χ3n) is 5.62. The lowest BCUT2D eigenvalue weighted by Crippen LogP contribution is -2.40. The average molecular weight is 419 g/mol. The van der Waals surface area contributed by atoms with Gasteiger partial charge >= 0.3 is 0 Å². The molecule has 0 saturated carbocycles. The predicted octanol–water partition coefficient (Wildman–Crippen LogP) is 3.70. The quantitative estimate of drug-likeness (QED) is 0.588. The normalized spacial score (nSPS) is 14.3. The number of anilines is 1. The Labute approximate surface area is 181 Å². The fourth-order valence-electron chi connectivity index (χ4n) is 3.80. The van der Waals surface area contributed by atoms with Crippen molar-refractivity contribution in [2.75, 3.05) is 25.1 Å². The third-order valence-corrected chi connectivity index (χ3v) is 5.62. The van der Waals surface area contributed by atoms with E-state index in [4.69, 9.17) is 9.26 Å². The minimum absolute atomic E-state index is 0.0220. The van der Waals surface area contributed by atoms with Gasteiger partial charge in [0.15, 0.2) is 5.76 Å². The number of amides is 1. The molecule has 0 radical (unpaired) electrons. The molecular weight excluding hydrogens is 394 g/mol. The summed E-state index contributed by atoms with van der Waals surface area (Å²) < 4.78 is 10.6. The highest BCUT2D eigenvalue weighted by molar-refractivity contribution is 5.79. The monoisotopic (exact) mass is 419 g/mol. The molecule has 2 aromatic carbocycles. The van der Waals surface area contributed by atoms with Crippen LogP contribution >= 0.6 is 0 Å². The smallest absolute Gasteiger partial charge is 0.223 e. The van der Waals surface area contributed by atoms with Gasteiger partial charge in [-0.3, -0.25) is 9.59 Å². The van der Waals surface area contributed by atoms with E-state index in [0.29, 0.717) is 23.6 Å². The lowest BCUT2D eigenvalue weighted by atomic mass is 9.95. The molecule has 7 nitrogen and oxygen atoms in total. The molecule has 0 atom stereocenters. The van der Waals surface area contributed by atoms with Crippen molar-refractivity contribution >= 4 is 17.9 Å². The number of methoxy groups -OCH3 is 1. The van der Waals surface area contributed by atoms with Crippen molar-refractivity contribution in [3.05, 3.63) is 65.9 Å². The number of nitrogens with zero attached hydrogens (tertiary/aromatic N) is 2. The second-order valence-corrected chi connectivity index (χ2v) is 7.60. The average Bonchev–Trinajstić information content (AvgIpc) is 3.32. The van der Waals surface area contributed by atoms with Crippen LogP contribution in [0.4, 0.5) is 5.69 Å². The van der Waals surface area contributed by atoms with E-state index in [2.05, 4.69) is 15.4 Å². The second-order valence-electron chi connectivity index (χ2n) is 7.60. The zero-order valence-electron chi connectivity index (χ0n) is 17.4. The fourth-order valence-corrected chi connectivity index (χ4v) is 3.80. The Balaban J connectivity index is 1.28. The van der Waals surface area contributed by atoms with Crippen LogP contribution in [0.25, 0.3) is 11.3 Å². The predicted molar refractivity (Wildman–Crippen MR) is 117 cm³/mol. The van der Waals surface area contributed by atoms with Gasteiger partial charge in [-0.05, 0) is 49.2 Å². The van der Waals surface area contributed by atoms with Gasteiger partial charge in [0.2, 0.25) is 5.91 Å². The maximum atomic E-state index is 12.6. The molecule has 1 aliphatic rings. The van der Waals surface area contributed by atoms with E-state index in [1.807, 2.05) is 54.6 Å². The Hall–Kier alpha value is -3.61. The van der Waals surface area contributed by atoms with E-state index >= 15 is 0 Å². The van der Waals surface area contributed by atoms with Crippen LogP contribution in [0.3, 0.4) is 0 Å². The summed E-state index contributed by atoms with van der Waals surface area (Å²) in [4.78, 5) is 25.7. The van der Waals surface area contributed by atoms with Gasteiger partial charge in [0.25, 0.3) is 0 Å². The highest BCUT2D eigenvalue weighted by Gasteiger charge is 2.25. The summed E-state index contributed by atoms with van der Waals surface area (Å²) in [6.07, 6.45) is 2.41. The number of piperidine rings is 1. The maximum Gasteiger partial charge on any atom is 0.223 e. The zero-order valence-corrected chi connectivity index (χ0v) is 17.4. The van der Waals surface area contributed by atoms with Crippen molar-refractivity contribution in [1.29, 1.82) is 0 Å². The summed E-state index contributed by atoms with van der Waals surface area (Å²) in [5.74, 6) is 1.38. The number of nitrogens with one attached hydrogen (secondary N) is 1. The number of ether oxygens (including phenoxy) is 1. The largest absolute Gasteiger partial charge is 0.497 e. The molecule has 3 aromatic rings. The van der Waals surface area contributed by atoms with Crippen molar-refractivity contribution in [1.82, 2.24) is 10.5 Å². The molecule has 1 saturated heterocycles. The van der Waals surface area contributed by atoms with Crippen molar-refractivity contribution < 1.29 is 18.8 Å². The van der Waals surface area contributed by atoms with Gasteiger partial charge in [-0.25, -0.2) is 0 Å². The summed E-state index contributed by atoms with van der Waals surface area (Å²) in [7, 11) is 1.62. The highest BCUT2D eigenvalue weighted by atomic mass is 16.5. The molecule has 0 unspecified atom stereocenters. The SMILES string of the molecule is COc1cccc(-c2cc(CNC(=O)C3CCN(c4ccc(C=O)cc4)CC3)on2)c1. The molecule has 0 aliphatic carbocycles. The van der Waals surface area contributed by atoms with Crippen LogP contribution in [0.5, 0.6) is 5.75 Å². The van der Waals surface area contributed by atoms with E-state index < -0.39 is 0 Å². The summed E-state index contributed by atoms with van der Waals surface area (Å²) >= 11 is 0. The van der Waals surface area contributed by atoms with Crippen molar-refractivity contribution in [2.45, 2.75) is 19.4 Å². The first-order chi connectivity index (χ1) is 15.2. The molecule has 0 spiro atoms. The van der Waals surface area contributed by atoms with Gasteiger partial charge in [-0.15, -0.1) is 0 Å². The molecule has 160 valence electrons. The molecule has 1 fully saturated rings. The van der Waals surface area contributed by atoms with Crippen LogP contribution in [-0.4, -0.2) is 37.5 Å². The van der Waals surface area contributed by atoms with E-state index in [9.17, 15) is 9.59 Å². The number of aldehydes is 1. The Morgan fingerprint density at radius 2 is 1.97 bits per heavy atom. The zero-order chi connectivity index (χ0) is 21.6. The fraction of sp³-hybridized carbons (Fsp3) is 0.292. The molecule has 7 heteroatoms. The van der Waals surface area contributed by atoms with Crippen molar-refractivity contribution in [2.24, 2.45) is 5.92 Å². The topological polar surface area (TPSA) is 84.7 Å². The second kappa shape index (κ2) is 9.47. The van der Waals surface area contributed by atoms with Crippen LogP contribution in [0, 0.1) is 5.92 Å². The molecule has 1 N–H and O–H groups in total. The summed E-state index contributed by atoms with van der Waals surface area (Å²) in [6.45, 7) is 1.92. The van der Waals surface area contributed by atoms with Crippen LogP contribution < -0.4 is 15.0 Å². The first-order valence-corrected chi connectivity index (χ1v) is 10.3. The summed E-state index contributed by atoms with van der Waals surface area (Å²) in [6, 6.07) is 17.0.